The van der Waals surface area contributed by atoms with Crippen molar-refractivity contribution < 1.29 is 29.1 Å². The van der Waals surface area contributed by atoms with Crippen LogP contribution in [0.3, 0.4) is 0 Å². The summed E-state index contributed by atoms with van der Waals surface area (Å²) in [6.07, 6.45) is 1.84. The first-order valence-electron chi connectivity index (χ1n) is 10.2. The lowest BCUT2D eigenvalue weighted by atomic mass is 10.0. The quantitative estimate of drug-likeness (QED) is 0.112. The zero-order chi connectivity index (χ0) is 25.8. The molecule has 3 amide bonds. The summed E-state index contributed by atoms with van der Waals surface area (Å²) in [6.45, 7) is 0. The Hall–Kier alpha value is -3.99. The second-order valence-electron chi connectivity index (χ2n) is 7.31. The van der Waals surface area contributed by atoms with Gasteiger partial charge in [0.2, 0.25) is 11.6 Å². The predicted molar refractivity (Wildman–Crippen MR) is 127 cm³/mol. The zero-order valence-electron chi connectivity index (χ0n) is 18.8. The van der Waals surface area contributed by atoms with Gasteiger partial charge in [-0.05, 0) is 28.1 Å². The molecule has 0 saturated carbocycles. The molecular weight excluding hydrogens is 514 g/mol. The maximum atomic E-state index is 13.0. The van der Waals surface area contributed by atoms with Crippen LogP contribution < -0.4 is 10.6 Å². The van der Waals surface area contributed by atoms with Crippen molar-refractivity contribution in [3.8, 4) is 0 Å². The van der Waals surface area contributed by atoms with Crippen molar-refractivity contribution in [3.63, 3.8) is 0 Å². The van der Waals surface area contributed by atoms with Crippen LogP contribution in [0.25, 0.3) is 0 Å². The molecule has 1 fully saturated rings. The fourth-order valence-corrected chi connectivity index (χ4v) is 5.85. The lowest BCUT2D eigenvalue weighted by Gasteiger charge is -2.49. The Kier molecular flexibility index (Phi) is 7.49. The zero-order valence-corrected chi connectivity index (χ0v) is 20.4. The van der Waals surface area contributed by atoms with Gasteiger partial charge in [0.05, 0.1) is 5.69 Å². The molecule has 36 heavy (non-hydrogen) atoms. The molecule has 188 valence electrons. The first kappa shape index (κ1) is 25.1. The van der Waals surface area contributed by atoms with Gasteiger partial charge in [-0.2, -0.15) is 0 Å². The number of aliphatic carboxylic acids is 1. The molecule has 1 saturated heterocycles. The molecule has 2 aliphatic heterocycles. The Morgan fingerprint density at radius 1 is 1.44 bits per heavy atom. The molecule has 2 atom stereocenters. The van der Waals surface area contributed by atoms with Gasteiger partial charge < -0.3 is 20.6 Å². The molecule has 15 nitrogen and oxygen atoms in total. The molecule has 0 aliphatic carbocycles. The Bertz CT molecular complexity index is 1280. The summed E-state index contributed by atoms with van der Waals surface area (Å²) >= 11 is 2.58. The number of carbonyl (C=O) groups is 4. The molecule has 0 spiro atoms. The summed E-state index contributed by atoms with van der Waals surface area (Å²) in [5.74, 6) is -1.95. The molecule has 0 radical (unpaired) electrons. The molecule has 17 heteroatoms. The van der Waals surface area contributed by atoms with E-state index in [0.717, 1.165) is 0 Å². The highest BCUT2D eigenvalue weighted by molar-refractivity contribution is 8.01. The Morgan fingerprint density at radius 2 is 2.25 bits per heavy atom. The lowest BCUT2D eigenvalue weighted by molar-refractivity contribution is -0.150. The van der Waals surface area contributed by atoms with Gasteiger partial charge in [0.15, 0.2) is 5.71 Å². The number of aryl methyl sites for hydroxylation is 1. The van der Waals surface area contributed by atoms with Crippen molar-refractivity contribution in [1.29, 1.82) is 0 Å². The lowest BCUT2D eigenvalue weighted by Crippen LogP contribution is -2.71. The SMILES string of the molecule is CO/N=C(\C(=O)NC1C(=O)N2C(C(=O)O)=C(CSc3nnnn3C)CS[C@H]12)c1cc(NC=O)ccn1. The van der Waals surface area contributed by atoms with Crippen LogP contribution in [0, 0.1) is 0 Å². The summed E-state index contributed by atoms with van der Waals surface area (Å²) in [4.78, 5) is 58.7. The Labute approximate surface area is 211 Å². The molecule has 4 heterocycles. The number of aromatic nitrogens is 5. The van der Waals surface area contributed by atoms with Crippen LogP contribution in [0.5, 0.6) is 0 Å². The highest BCUT2D eigenvalue weighted by Gasteiger charge is 2.54. The van der Waals surface area contributed by atoms with Gasteiger partial charge in [0.1, 0.15) is 24.2 Å². The summed E-state index contributed by atoms with van der Waals surface area (Å²) in [7, 11) is 2.91. The summed E-state index contributed by atoms with van der Waals surface area (Å²) in [5.41, 5.74) is 0.684. The molecule has 0 bridgehead atoms. The van der Waals surface area contributed by atoms with E-state index < -0.39 is 29.2 Å². The third kappa shape index (κ3) is 4.87. The number of nitrogens with zero attached hydrogens (tertiary/aromatic N) is 7. The summed E-state index contributed by atoms with van der Waals surface area (Å²) < 4.78 is 1.46. The second-order valence-corrected chi connectivity index (χ2v) is 9.35. The van der Waals surface area contributed by atoms with E-state index in [1.54, 1.807) is 7.05 Å². The van der Waals surface area contributed by atoms with E-state index in [-0.39, 0.29) is 22.9 Å². The van der Waals surface area contributed by atoms with E-state index in [2.05, 4.69) is 36.3 Å². The number of oxime groups is 1. The molecule has 1 unspecified atom stereocenters. The third-order valence-corrected chi connectivity index (χ3v) is 7.56. The van der Waals surface area contributed by atoms with E-state index in [4.69, 9.17) is 4.84 Å². The van der Waals surface area contributed by atoms with E-state index in [0.29, 0.717) is 28.6 Å². The summed E-state index contributed by atoms with van der Waals surface area (Å²) in [6, 6.07) is 1.95. The largest absolute Gasteiger partial charge is 0.477 e. The minimum Gasteiger partial charge on any atom is -0.477 e. The maximum Gasteiger partial charge on any atom is 0.352 e. The topological polar surface area (TPSA) is 194 Å². The highest BCUT2D eigenvalue weighted by atomic mass is 32.2. The van der Waals surface area contributed by atoms with Crippen molar-refractivity contribution in [2.45, 2.75) is 16.6 Å². The number of pyridine rings is 1. The van der Waals surface area contributed by atoms with Crippen LogP contribution in [0.15, 0.2) is 39.9 Å². The maximum absolute atomic E-state index is 13.0. The monoisotopic (exact) mass is 533 g/mol. The Balaban J connectivity index is 1.50. The van der Waals surface area contributed by atoms with E-state index in [9.17, 15) is 24.3 Å². The van der Waals surface area contributed by atoms with E-state index in [1.165, 1.54) is 58.5 Å². The number of fused-ring (bicyclic) bond motifs is 1. The van der Waals surface area contributed by atoms with Gasteiger partial charge in [-0.1, -0.05) is 16.9 Å². The van der Waals surface area contributed by atoms with Gasteiger partial charge in [0.25, 0.3) is 11.8 Å². The second kappa shape index (κ2) is 10.7. The first-order valence-corrected chi connectivity index (χ1v) is 12.2. The number of hydrogen-bond donors (Lipinski definition) is 3. The van der Waals surface area contributed by atoms with Gasteiger partial charge >= 0.3 is 5.97 Å². The number of tetrazole rings is 1. The van der Waals surface area contributed by atoms with Crippen molar-refractivity contribution >= 4 is 59.1 Å². The standard InChI is InChI=1S/C19H19N9O6S2/c1-27-19(23-25-26-27)36-7-9-6-35-17-13(16(31)28(17)14(9)18(32)33)22-15(30)12(24-34-2)11-5-10(21-8-29)3-4-20-11/h3-5,8,13,17H,6-7H2,1-2H3,(H,22,30)(H,32,33)(H,20,21,29)/b24-12-/t13?,17-/m1/s1. The van der Waals surface area contributed by atoms with Gasteiger partial charge in [0, 0.05) is 30.4 Å². The number of thioether (sulfide) groups is 2. The van der Waals surface area contributed by atoms with Crippen LogP contribution >= 0.6 is 23.5 Å². The van der Waals surface area contributed by atoms with Gasteiger partial charge in [-0.25, -0.2) is 9.48 Å². The van der Waals surface area contributed by atoms with Crippen molar-refractivity contribution in [2.24, 2.45) is 12.2 Å². The number of carbonyl (C=O) groups excluding carboxylic acids is 3. The van der Waals surface area contributed by atoms with Crippen LogP contribution in [-0.2, 0) is 31.1 Å². The van der Waals surface area contributed by atoms with Crippen molar-refractivity contribution in [1.82, 2.24) is 35.4 Å². The summed E-state index contributed by atoms with van der Waals surface area (Å²) in [5, 5.41) is 29.6. The first-order chi connectivity index (χ1) is 17.3. The highest BCUT2D eigenvalue weighted by Crippen LogP contribution is 2.41. The van der Waals surface area contributed by atoms with Crippen LogP contribution in [0.4, 0.5) is 5.69 Å². The number of hydrogen-bond acceptors (Lipinski definition) is 12. The van der Waals surface area contributed by atoms with Crippen molar-refractivity contribution in [3.05, 3.63) is 35.3 Å². The molecule has 2 aliphatic rings. The van der Waals surface area contributed by atoms with Crippen LogP contribution in [0.2, 0.25) is 0 Å². The number of β-lactam (4-membered cyclic amide) rings is 1. The number of carboxylic acid groups (broad SMARTS) is 1. The Morgan fingerprint density at radius 3 is 2.92 bits per heavy atom. The van der Waals surface area contributed by atoms with Gasteiger partial charge in [-0.3, -0.25) is 24.3 Å². The third-order valence-electron chi connectivity index (χ3n) is 5.12. The minimum atomic E-state index is -1.24. The smallest absolute Gasteiger partial charge is 0.352 e. The predicted octanol–water partition coefficient (Wildman–Crippen LogP) is -0.945. The van der Waals surface area contributed by atoms with Crippen LogP contribution in [-0.4, -0.2) is 95.1 Å². The number of carboxylic acids is 1. The molecule has 3 N–H and O–H groups in total. The number of anilines is 1. The average Bonchev–Trinajstić information content (AvgIpc) is 3.28. The number of nitrogens with one attached hydrogen (secondary N) is 2. The normalized spacial score (nSPS) is 19.3. The average molecular weight is 534 g/mol. The number of rotatable bonds is 10. The fraction of sp³-hybridized carbons (Fsp3) is 0.316. The van der Waals surface area contributed by atoms with Crippen LogP contribution in [0.1, 0.15) is 5.69 Å². The molecule has 4 rings (SSSR count). The van der Waals surface area contributed by atoms with Gasteiger partial charge in [-0.15, -0.1) is 16.9 Å². The number of amides is 3. The molecule has 0 aromatic carbocycles. The molecule has 2 aromatic rings. The fourth-order valence-electron chi connectivity index (χ4n) is 3.51. The van der Waals surface area contributed by atoms with Crippen molar-refractivity contribution in [2.75, 3.05) is 23.9 Å². The minimum absolute atomic E-state index is 0.102. The molecular formula is C19H19N9O6S2. The van der Waals surface area contributed by atoms with E-state index >= 15 is 0 Å². The molecule has 2 aromatic heterocycles. The van der Waals surface area contributed by atoms with E-state index in [1.807, 2.05) is 0 Å².